The number of methoxy groups -OCH3 is 2. The van der Waals surface area contributed by atoms with E-state index in [1.807, 2.05) is 13.8 Å². The highest BCUT2D eigenvalue weighted by molar-refractivity contribution is 5.79. The number of carbonyl (C=O) groups excluding carboxylic acids is 2. The van der Waals surface area contributed by atoms with Gasteiger partial charge in [-0.2, -0.15) is 0 Å². The molecule has 0 aromatic heterocycles. The summed E-state index contributed by atoms with van der Waals surface area (Å²) in [5.41, 5.74) is 0. The van der Waals surface area contributed by atoms with Crippen LogP contribution in [-0.2, 0) is 19.1 Å². The Bertz CT molecular complexity index is 590. The lowest BCUT2D eigenvalue weighted by Crippen LogP contribution is -2.40. The molecule has 1 unspecified atom stereocenters. The first-order valence-corrected chi connectivity index (χ1v) is 9.11. The zero-order valence-electron chi connectivity index (χ0n) is 16.9. The van der Waals surface area contributed by atoms with E-state index in [9.17, 15) is 9.59 Å². The van der Waals surface area contributed by atoms with Crippen molar-refractivity contribution in [2.75, 3.05) is 40.5 Å². The van der Waals surface area contributed by atoms with Crippen LogP contribution in [0.1, 0.15) is 27.2 Å². The van der Waals surface area contributed by atoms with E-state index >= 15 is 0 Å². The average molecular weight is 381 g/mol. The van der Waals surface area contributed by atoms with Crippen molar-refractivity contribution < 1.29 is 28.5 Å². The quantitative estimate of drug-likeness (QED) is 0.409. The Labute approximate surface area is 161 Å². The largest absolute Gasteiger partial charge is 0.497 e. The molecule has 1 amide bonds. The van der Waals surface area contributed by atoms with Gasteiger partial charge < -0.3 is 23.8 Å². The lowest BCUT2D eigenvalue weighted by atomic mass is 10.1. The molecule has 0 fully saturated rings. The predicted molar refractivity (Wildman–Crippen MR) is 102 cm³/mol. The van der Waals surface area contributed by atoms with E-state index in [1.54, 1.807) is 43.2 Å². The third kappa shape index (κ3) is 8.77. The minimum Gasteiger partial charge on any atom is -0.497 e. The highest BCUT2D eigenvalue weighted by Gasteiger charge is 2.21. The molecule has 0 aliphatic carbocycles. The van der Waals surface area contributed by atoms with Crippen LogP contribution in [-0.4, -0.2) is 63.4 Å². The molecule has 0 heterocycles. The fourth-order valence-corrected chi connectivity index (χ4v) is 2.43. The van der Waals surface area contributed by atoms with Crippen molar-refractivity contribution in [3.63, 3.8) is 0 Å². The second-order valence-electron chi connectivity index (χ2n) is 6.50. The molecule has 0 radical (unpaired) electrons. The first kappa shape index (κ1) is 22.8. The van der Waals surface area contributed by atoms with Gasteiger partial charge in [-0.1, -0.05) is 13.0 Å². The third-order valence-corrected chi connectivity index (χ3v) is 3.88. The van der Waals surface area contributed by atoms with Gasteiger partial charge in [-0.05, 0) is 32.4 Å². The zero-order valence-corrected chi connectivity index (χ0v) is 16.9. The van der Waals surface area contributed by atoms with Gasteiger partial charge in [0.2, 0.25) is 0 Å². The van der Waals surface area contributed by atoms with Crippen molar-refractivity contribution in [3.05, 3.63) is 24.3 Å². The minimum atomic E-state index is -0.415. The number of esters is 1. The highest BCUT2D eigenvalue weighted by Crippen LogP contribution is 2.19. The predicted octanol–water partition coefficient (Wildman–Crippen LogP) is 2.53. The monoisotopic (exact) mass is 381 g/mol. The molecule has 0 bridgehead atoms. The van der Waals surface area contributed by atoms with Crippen molar-refractivity contribution in [2.24, 2.45) is 5.92 Å². The van der Waals surface area contributed by atoms with E-state index in [1.165, 1.54) is 7.11 Å². The normalized spacial score (nSPS) is 11.8. The Hall–Kier alpha value is -2.28. The number of ether oxygens (including phenoxy) is 4. The van der Waals surface area contributed by atoms with Crippen LogP contribution >= 0.6 is 0 Å². The summed E-state index contributed by atoms with van der Waals surface area (Å²) in [6.45, 7) is 6.84. The first-order valence-electron chi connectivity index (χ1n) is 9.11. The maximum Gasteiger partial charge on any atom is 0.310 e. The molecule has 7 nitrogen and oxygen atoms in total. The van der Waals surface area contributed by atoms with Gasteiger partial charge in [0.1, 0.15) is 11.5 Å². The molecule has 0 spiro atoms. The maximum atomic E-state index is 12.6. The molecular weight excluding hydrogens is 350 g/mol. The average Bonchev–Trinajstić information content (AvgIpc) is 2.67. The lowest BCUT2D eigenvalue weighted by molar-refractivity contribution is -0.146. The number of carbonyl (C=O) groups is 2. The summed E-state index contributed by atoms with van der Waals surface area (Å²) in [7, 11) is 2.91. The zero-order chi connectivity index (χ0) is 20.2. The second kappa shape index (κ2) is 12.2. The van der Waals surface area contributed by atoms with Gasteiger partial charge in [0.15, 0.2) is 6.61 Å². The van der Waals surface area contributed by atoms with Crippen LogP contribution in [0, 0.1) is 5.92 Å². The van der Waals surface area contributed by atoms with E-state index < -0.39 is 5.92 Å². The van der Waals surface area contributed by atoms with Gasteiger partial charge in [-0.3, -0.25) is 9.59 Å². The standard InChI is InChI=1S/C20H31NO6/c1-15(2)26-11-7-10-21(13-16(3)20(23)25-5)19(22)14-27-18-9-6-8-17(12-18)24-4/h6,8-9,12,15-16H,7,10-11,13-14H2,1-5H3. The highest BCUT2D eigenvalue weighted by atomic mass is 16.5. The van der Waals surface area contributed by atoms with Crippen molar-refractivity contribution in [1.82, 2.24) is 4.90 Å². The lowest BCUT2D eigenvalue weighted by Gasteiger charge is -2.25. The summed E-state index contributed by atoms with van der Waals surface area (Å²) in [4.78, 5) is 25.9. The van der Waals surface area contributed by atoms with Crippen molar-refractivity contribution >= 4 is 11.9 Å². The molecule has 1 aromatic rings. The molecule has 7 heteroatoms. The Balaban J connectivity index is 2.64. The van der Waals surface area contributed by atoms with Crippen LogP contribution in [0.3, 0.4) is 0 Å². The van der Waals surface area contributed by atoms with Crippen molar-refractivity contribution in [2.45, 2.75) is 33.3 Å². The van der Waals surface area contributed by atoms with Crippen LogP contribution < -0.4 is 9.47 Å². The molecule has 1 rings (SSSR count). The topological polar surface area (TPSA) is 74.3 Å². The molecule has 0 N–H and O–H groups in total. The maximum absolute atomic E-state index is 12.6. The van der Waals surface area contributed by atoms with Crippen LogP contribution in [0.25, 0.3) is 0 Å². The van der Waals surface area contributed by atoms with Crippen LogP contribution in [0.15, 0.2) is 24.3 Å². The van der Waals surface area contributed by atoms with Gasteiger partial charge in [-0.25, -0.2) is 0 Å². The number of rotatable bonds is 12. The molecule has 0 saturated carbocycles. The molecular formula is C20H31NO6. The summed E-state index contributed by atoms with van der Waals surface area (Å²) in [6, 6.07) is 7.06. The third-order valence-electron chi connectivity index (χ3n) is 3.88. The number of hydrogen-bond acceptors (Lipinski definition) is 6. The smallest absolute Gasteiger partial charge is 0.310 e. The molecule has 0 aliphatic rings. The van der Waals surface area contributed by atoms with E-state index in [-0.39, 0.29) is 31.1 Å². The number of amides is 1. The van der Waals surface area contributed by atoms with Crippen LogP contribution in [0.2, 0.25) is 0 Å². The molecule has 1 aromatic carbocycles. The SMILES string of the molecule is COC(=O)C(C)CN(CCCOC(C)C)C(=O)COc1cccc(OC)c1. The fourth-order valence-electron chi connectivity index (χ4n) is 2.43. The van der Waals surface area contributed by atoms with Crippen LogP contribution in [0.4, 0.5) is 0 Å². The summed E-state index contributed by atoms with van der Waals surface area (Å²) in [5, 5.41) is 0. The molecule has 1 atom stereocenters. The van der Waals surface area contributed by atoms with E-state index in [2.05, 4.69) is 0 Å². The van der Waals surface area contributed by atoms with E-state index in [4.69, 9.17) is 18.9 Å². The summed E-state index contributed by atoms with van der Waals surface area (Å²) < 4.78 is 21.0. The number of hydrogen-bond donors (Lipinski definition) is 0. The van der Waals surface area contributed by atoms with Gasteiger partial charge in [-0.15, -0.1) is 0 Å². The number of benzene rings is 1. The van der Waals surface area contributed by atoms with E-state index in [0.717, 1.165) is 0 Å². The van der Waals surface area contributed by atoms with Gasteiger partial charge in [0.05, 0.1) is 26.2 Å². The van der Waals surface area contributed by atoms with Gasteiger partial charge in [0.25, 0.3) is 5.91 Å². The Morgan fingerprint density at radius 3 is 2.44 bits per heavy atom. The van der Waals surface area contributed by atoms with Gasteiger partial charge >= 0.3 is 5.97 Å². The van der Waals surface area contributed by atoms with E-state index in [0.29, 0.717) is 31.1 Å². The molecule has 152 valence electrons. The molecule has 0 saturated heterocycles. The Morgan fingerprint density at radius 2 is 1.81 bits per heavy atom. The summed E-state index contributed by atoms with van der Waals surface area (Å²) in [6.07, 6.45) is 0.816. The van der Waals surface area contributed by atoms with Crippen molar-refractivity contribution in [1.29, 1.82) is 0 Å². The molecule has 0 aliphatic heterocycles. The van der Waals surface area contributed by atoms with Crippen molar-refractivity contribution in [3.8, 4) is 11.5 Å². The Morgan fingerprint density at radius 1 is 1.11 bits per heavy atom. The fraction of sp³-hybridized carbons (Fsp3) is 0.600. The van der Waals surface area contributed by atoms with Gasteiger partial charge in [0, 0.05) is 25.8 Å². The minimum absolute atomic E-state index is 0.119. The van der Waals surface area contributed by atoms with Crippen LogP contribution in [0.5, 0.6) is 11.5 Å². The number of nitrogens with zero attached hydrogens (tertiary/aromatic N) is 1. The summed E-state index contributed by atoms with van der Waals surface area (Å²) in [5.74, 6) is 0.244. The summed E-state index contributed by atoms with van der Waals surface area (Å²) >= 11 is 0. The second-order valence-corrected chi connectivity index (χ2v) is 6.50. The Kier molecular flexibility index (Phi) is 10.3. The molecule has 27 heavy (non-hydrogen) atoms. The first-order chi connectivity index (χ1) is 12.9.